The van der Waals surface area contributed by atoms with Gasteiger partial charge in [0.15, 0.2) is 10.6 Å². The number of alkyl halides is 3. The van der Waals surface area contributed by atoms with E-state index >= 15 is 0 Å². The summed E-state index contributed by atoms with van der Waals surface area (Å²) in [6.07, 6.45) is -2.04. The Morgan fingerprint density at radius 2 is 1.67 bits per heavy atom. The second-order valence-electron chi connectivity index (χ2n) is 9.89. The molecule has 0 unspecified atom stereocenters. The van der Waals surface area contributed by atoms with Crippen LogP contribution in [-0.2, 0) is 0 Å². The van der Waals surface area contributed by atoms with E-state index in [9.17, 15) is 17.6 Å². The minimum absolute atomic E-state index is 0.195. The Balaban J connectivity index is 1.24. The fourth-order valence-electron chi connectivity index (χ4n) is 4.73. The summed E-state index contributed by atoms with van der Waals surface area (Å²) in [6, 6.07) is 16.2. The van der Waals surface area contributed by atoms with Gasteiger partial charge in [0, 0.05) is 28.4 Å². The van der Waals surface area contributed by atoms with Crippen molar-refractivity contribution in [1.29, 1.82) is 0 Å². The van der Waals surface area contributed by atoms with Crippen molar-refractivity contribution in [2.75, 3.05) is 6.67 Å². The van der Waals surface area contributed by atoms with Crippen LogP contribution in [0.5, 0.6) is 5.75 Å². The van der Waals surface area contributed by atoms with E-state index in [4.69, 9.17) is 0 Å². The molecule has 0 saturated carbocycles. The fourth-order valence-corrected chi connectivity index (χ4v) is 5.59. The highest BCUT2D eigenvalue weighted by Gasteiger charge is 2.31. The van der Waals surface area contributed by atoms with Gasteiger partial charge < -0.3 is 10.1 Å². The van der Waals surface area contributed by atoms with E-state index in [1.54, 1.807) is 24.3 Å². The number of rotatable bonds is 8. The van der Waals surface area contributed by atoms with Crippen molar-refractivity contribution in [2.24, 2.45) is 4.99 Å². The van der Waals surface area contributed by atoms with E-state index in [1.807, 2.05) is 6.92 Å². The van der Waals surface area contributed by atoms with Gasteiger partial charge in [0.25, 0.3) is 0 Å². The van der Waals surface area contributed by atoms with Crippen molar-refractivity contribution in [3.63, 3.8) is 0 Å². The second kappa shape index (κ2) is 12.3. The van der Waals surface area contributed by atoms with Crippen LogP contribution in [0.15, 0.2) is 83.6 Å². The average molecular weight is 609 g/mol. The first kappa shape index (κ1) is 29.8. The number of nitrogens with one attached hydrogen (secondary N) is 1. The van der Waals surface area contributed by atoms with Crippen molar-refractivity contribution >= 4 is 17.2 Å². The topological polar surface area (TPSA) is 69.3 Å². The molecular weight excluding hydrogens is 580 g/mol. The van der Waals surface area contributed by atoms with Gasteiger partial charge in [-0.05, 0) is 63.1 Å². The summed E-state index contributed by atoms with van der Waals surface area (Å²) >= 11 is 1.53. The Morgan fingerprint density at radius 1 is 1.00 bits per heavy atom. The predicted molar refractivity (Wildman–Crippen MR) is 159 cm³/mol. The van der Waals surface area contributed by atoms with Crippen LogP contribution in [-0.4, -0.2) is 32.4 Å². The van der Waals surface area contributed by atoms with Crippen molar-refractivity contribution < 1.29 is 22.3 Å². The zero-order chi connectivity index (χ0) is 30.7. The van der Waals surface area contributed by atoms with E-state index in [1.165, 1.54) is 69.5 Å². The van der Waals surface area contributed by atoms with Crippen LogP contribution in [0.4, 0.5) is 17.6 Å². The van der Waals surface area contributed by atoms with Crippen LogP contribution >= 0.6 is 11.3 Å². The maximum Gasteiger partial charge on any atom is 0.573 e. The molecule has 0 aliphatic carbocycles. The maximum absolute atomic E-state index is 14.9. The molecule has 5 rings (SSSR count). The summed E-state index contributed by atoms with van der Waals surface area (Å²) in [5.41, 5.74) is 7.24. The number of halogens is 4. The van der Waals surface area contributed by atoms with E-state index in [0.29, 0.717) is 22.6 Å². The number of nitrogens with zero attached hydrogens (tertiary/aromatic N) is 5. The highest BCUT2D eigenvalue weighted by molar-refractivity contribution is 7.07. The average Bonchev–Trinajstić information content (AvgIpc) is 3.58. The van der Waals surface area contributed by atoms with E-state index < -0.39 is 12.2 Å². The molecule has 3 aromatic carbocycles. The summed E-state index contributed by atoms with van der Waals surface area (Å²) < 4.78 is 59.5. The lowest BCUT2D eigenvalue weighted by molar-refractivity contribution is -0.274. The number of aromatic nitrogens is 4. The van der Waals surface area contributed by atoms with Crippen LogP contribution in [0.1, 0.15) is 27.9 Å². The lowest BCUT2D eigenvalue weighted by Gasteiger charge is -2.14. The SMILES string of the molecule is Cc1cc(C)c(-n2c(C)csc2=NCN/C=C(\F)c2ccc(-c3ncn(-c4ccc(OC(F)(F)F)cc4)n3)cc2)c(C)c1. The number of aryl methyl sites for hydroxylation is 4. The Morgan fingerprint density at radius 3 is 2.33 bits per heavy atom. The summed E-state index contributed by atoms with van der Waals surface area (Å²) in [5.74, 6) is -0.410. The molecule has 0 radical (unpaired) electrons. The molecule has 12 heteroatoms. The summed E-state index contributed by atoms with van der Waals surface area (Å²) in [5, 5.41) is 9.36. The molecule has 0 fully saturated rings. The van der Waals surface area contributed by atoms with Gasteiger partial charge in [-0.1, -0.05) is 42.0 Å². The molecule has 7 nitrogen and oxygen atoms in total. The summed E-state index contributed by atoms with van der Waals surface area (Å²) in [6.45, 7) is 8.49. The first-order valence-electron chi connectivity index (χ1n) is 13.2. The van der Waals surface area contributed by atoms with Gasteiger partial charge in [-0.15, -0.1) is 29.6 Å². The van der Waals surface area contributed by atoms with Crippen LogP contribution in [0, 0.1) is 27.7 Å². The molecule has 2 aromatic heterocycles. The van der Waals surface area contributed by atoms with E-state index in [2.05, 4.69) is 68.0 Å². The highest BCUT2D eigenvalue weighted by Crippen LogP contribution is 2.25. The third-order valence-electron chi connectivity index (χ3n) is 6.52. The second-order valence-corrected chi connectivity index (χ2v) is 10.7. The smallest absolute Gasteiger partial charge is 0.406 e. The summed E-state index contributed by atoms with van der Waals surface area (Å²) in [4.78, 5) is 9.73. The van der Waals surface area contributed by atoms with Crippen molar-refractivity contribution in [1.82, 2.24) is 24.6 Å². The molecule has 0 aliphatic heterocycles. The van der Waals surface area contributed by atoms with Crippen molar-refractivity contribution in [3.8, 4) is 28.5 Å². The molecule has 0 atom stereocenters. The number of hydrogen-bond donors (Lipinski definition) is 1. The van der Waals surface area contributed by atoms with Gasteiger partial charge in [0.1, 0.15) is 24.6 Å². The molecule has 0 amide bonds. The molecular formula is C31H28F4N6OS. The minimum Gasteiger partial charge on any atom is -0.406 e. The Kier molecular flexibility index (Phi) is 8.49. The minimum atomic E-state index is -4.76. The molecule has 1 N–H and O–H groups in total. The largest absolute Gasteiger partial charge is 0.573 e. The lowest BCUT2D eigenvalue weighted by Crippen LogP contribution is -2.19. The van der Waals surface area contributed by atoms with E-state index in [-0.39, 0.29) is 12.4 Å². The molecule has 43 heavy (non-hydrogen) atoms. The number of benzene rings is 3. The number of thiazole rings is 1. The molecule has 5 aromatic rings. The Labute approximate surface area is 249 Å². The van der Waals surface area contributed by atoms with Gasteiger partial charge in [-0.2, -0.15) is 0 Å². The predicted octanol–water partition coefficient (Wildman–Crippen LogP) is 7.33. The fraction of sp³-hybridized carbons (Fsp3) is 0.194. The highest BCUT2D eigenvalue weighted by atomic mass is 32.1. The Hall–Kier alpha value is -4.71. The van der Waals surface area contributed by atoms with Crippen LogP contribution in [0.3, 0.4) is 0 Å². The molecule has 0 bridgehead atoms. The molecule has 2 heterocycles. The van der Waals surface area contributed by atoms with Gasteiger partial charge in [-0.3, -0.25) is 4.57 Å². The van der Waals surface area contributed by atoms with Gasteiger partial charge in [0.2, 0.25) is 0 Å². The maximum atomic E-state index is 14.9. The van der Waals surface area contributed by atoms with Gasteiger partial charge in [-0.25, -0.2) is 19.0 Å². The van der Waals surface area contributed by atoms with Crippen molar-refractivity contribution in [3.05, 3.63) is 111 Å². The first-order valence-corrected chi connectivity index (χ1v) is 14.1. The zero-order valence-electron chi connectivity index (χ0n) is 23.8. The zero-order valence-corrected chi connectivity index (χ0v) is 24.6. The molecule has 0 spiro atoms. The molecule has 222 valence electrons. The number of hydrogen-bond acceptors (Lipinski definition) is 6. The van der Waals surface area contributed by atoms with E-state index in [0.717, 1.165) is 16.2 Å². The van der Waals surface area contributed by atoms with Crippen LogP contribution in [0.2, 0.25) is 0 Å². The summed E-state index contributed by atoms with van der Waals surface area (Å²) in [7, 11) is 0. The normalized spacial score (nSPS) is 12.6. The Bertz CT molecular complexity index is 1810. The standard InChI is InChI=1S/C31H28F4N6OS/c1-19-13-20(2)28(21(3)14-19)41-22(4)16-43-30(41)37-17-36-15-27(32)23-5-7-24(8-6-23)29-38-18-40(39-29)25-9-11-26(12-10-25)42-31(33,34)35/h5-16,18,36H,17H2,1-4H3/b27-15-,37-30?. The van der Waals surface area contributed by atoms with Crippen LogP contribution in [0.25, 0.3) is 28.6 Å². The monoisotopic (exact) mass is 608 g/mol. The van der Waals surface area contributed by atoms with Crippen molar-refractivity contribution in [2.45, 2.75) is 34.1 Å². The quantitative estimate of drug-likeness (QED) is 0.148. The first-order chi connectivity index (χ1) is 20.5. The number of ether oxygens (including phenoxy) is 1. The molecule has 0 aliphatic rings. The third kappa shape index (κ3) is 7.03. The van der Waals surface area contributed by atoms with Crippen LogP contribution < -0.4 is 14.9 Å². The third-order valence-corrected chi connectivity index (χ3v) is 7.50. The lowest BCUT2D eigenvalue weighted by atomic mass is 10.0. The van der Waals surface area contributed by atoms with Gasteiger partial charge >= 0.3 is 6.36 Å². The van der Waals surface area contributed by atoms with Gasteiger partial charge in [0.05, 0.1) is 11.4 Å². The molecule has 0 saturated heterocycles.